The summed E-state index contributed by atoms with van der Waals surface area (Å²) in [5.74, 6) is 0.929. The molecule has 4 heterocycles. The molecule has 0 atom stereocenters. The summed E-state index contributed by atoms with van der Waals surface area (Å²) in [7, 11) is 2.53. The minimum atomic E-state index is -0.645. The van der Waals surface area contributed by atoms with E-state index < -0.39 is 12.2 Å². The van der Waals surface area contributed by atoms with E-state index in [-0.39, 0.29) is 24.9 Å². The first-order chi connectivity index (χ1) is 27.1. The van der Waals surface area contributed by atoms with Gasteiger partial charge >= 0.3 is 12.2 Å². The van der Waals surface area contributed by atoms with Gasteiger partial charge in [-0.1, -0.05) is 26.0 Å². The van der Waals surface area contributed by atoms with Gasteiger partial charge in [-0.3, -0.25) is 9.59 Å². The van der Waals surface area contributed by atoms with Gasteiger partial charge in [0.25, 0.3) is 0 Å². The van der Waals surface area contributed by atoms with E-state index in [0.717, 1.165) is 55.8 Å². The summed E-state index contributed by atoms with van der Waals surface area (Å²) >= 11 is 3.48. The van der Waals surface area contributed by atoms with Crippen LogP contribution < -0.4 is 10.6 Å². The second-order valence-electron chi connectivity index (χ2n) is 13.3. The lowest BCUT2D eigenvalue weighted by Crippen LogP contribution is -2.40. The monoisotopic (exact) mass is 794 g/mol. The molecule has 7 rings (SSSR count). The van der Waals surface area contributed by atoms with Crippen LogP contribution in [-0.4, -0.2) is 94.1 Å². The van der Waals surface area contributed by atoms with Gasteiger partial charge in [0.1, 0.15) is 24.7 Å². The number of thiophene rings is 2. The summed E-state index contributed by atoms with van der Waals surface area (Å²) in [6.07, 6.45) is 0.249. The van der Waals surface area contributed by atoms with E-state index in [0.29, 0.717) is 37.8 Å². The third kappa shape index (κ3) is 8.45. The maximum Gasteiger partial charge on any atom is 0.407 e. The van der Waals surface area contributed by atoms with Gasteiger partial charge in [0, 0.05) is 32.2 Å². The number of carbonyl (C=O) groups is 4. The number of alkyl carbamates (subject to hydrolysis) is 2. The summed E-state index contributed by atoms with van der Waals surface area (Å²) in [6.45, 7) is 5.38. The number of hydrogen-bond acceptors (Lipinski definition) is 10. The van der Waals surface area contributed by atoms with E-state index in [1.165, 1.54) is 34.4 Å². The average molecular weight is 795 g/mol. The Hall–Kier alpha value is -6.00. The first-order valence-electron chi connectivity index (χ1n) is 18.3. The Kier molecular flexibility index (Phi) is 11.5. The van der Waals surface area contributed by atoms with E-state index in [1.807, 2.05) is 26.0 Å². The van der Waals surface area contributed by atoms with E-state index in [9.17, 15) is 19.2 Å². The van der Waals surface area contributed by atoms with Crippen molar-refractivity contribution < 1.29 is 28.7 Å². The second kappa shape index (κ2) is 16.8. The molecule has 7 aromatic rings. The van der Waals surface area contributed by atoms with Crippen molar-refractivity contribution >= 4 is 88.9 Å². The van der Waals surface area contributed by atoms with Crippen LogP contribution in [0.15, 0.2) is 60.7 Å². The summed E-state index contributed by atoms with van der Waals surface area (Å²) in [6, 6.07) is 21.3. The lowest BCUT2D eigenvalue weighted by molar-refractivity contribution is -0.131. The Balaban J connectivity index is 1.06. The number of nitrogens with zero attached hydrogens (tertiary/aromatic N) is 4. The second-order valence-corrected chi connectivity index (χ2v) is 15.5. The molecule has 16 heteroatoms. The predicted octanol–water partition coefficient (Wildman–Crippen LogP) is 7.39. The molecular weight excluding hydrogens is 753 g/mol. The molecule has 56 heavy (non-hydrogen) atoms. The molecule has 4 amide bonds. The van der Waals surface area contributed by atoms with Crippen molar-refractivity contribution in [2.45, 2.75) is 39.8 Å². The molecule has 0 aliphatic rings. The molecule has 0 fully saturated rings. The van der Waals surface area contributed by atoms with Crippen molar-refractivity contribution in [3.8, 4) is 20.9 Å². The van der Waals surface area contributed by atoms with Crippen LogP contribution in [0.2, 0.25) is 0 Å². The number of benzene rings is 3. The van der Waals surface area contributed by atoms with Crippen LogP contribution in [0.5, 0.6) is 0 Å². The molecule has 14 nitrogen and oxygen atoms in total. The number of carbonyl (C=O) groups excluding carboxylic acids is 4. The van der Waals surface area contributed by atoms with Crippen molar-refractivity contribution in [1.82, 2.24) is 40.4 Å². The zero-order valence-corrected chi connectivity index (χ0v) is 33.1. The molecule has 4 N–H and O–H groups in total. The fraction of sp³-hybridized carbons (Fsp3) is 0.300. The molecule has 0 aliphatic heterocycles. The molecule has 0 saturated carbocycles. The lowest BCUT2D eigenvalue weighted by Gasteiger charge is -2.21. The average Bonchev–Trinajstić information content (AvgIpc) is 4.00. The molecule has 0 radical (unpaired) electrons. The van der Waals surface area contributed by atoms with Gasteiger partial charge in [-0.25, -0.2) is 19.6 Å². The van der Waals surface area contributed by atoms with E-state index in [1.54, 1.807) is 32.5 Å². The molecule has 0 unspecified atom stereocenters. The molecule has 0 bridgehead atoms. The van der Waals surface area contributed by atoms with Crippen molar-refractivity contribution in [3.63, 3.8) is 0 Å². The van der Waals surface area contributed by atoms with Crippen molar-refractivity contribution in [3.05, 3.63) is 72.3 Å². The third-order valence-corrected chi connectivity index (χ3v) is 11.6. The van der Waals surface area contributed by atoms with Crippen LogP contribution in [0.4, 0.5) is 9.59 Å². The SMILES string of the molecule is CCCN(Cc1nc2ccc(-c3cc4cc5sc(-c6ccc7nc(CN(CCC)C(=O)CNC(=O)OC)[nH]c7c6)cc5cc4s3)cc2[nH]1)C(=O)CNC(=O)OC. The molecule has 4 aromatic heterocycles. The summed E-state index contributed by atoms with van der Waals surface area (Å²) in [5, 5.41) is 7.26. The summed E-state index contributed by atoms with van der Waals surface area (Å²) < 4.78 is 11.6. The van der Waals surface area contributed by atoms with E-state index in [4.69, 9.17) is 9.97 Å². The minimum Gasteiger partial charge on any atom is -0.453 e. The zero-order chi connectivity index (χ0) is 39.3. The number of amides is 4. The number of fused-ring (bicyclic) bond motifs is 4. The number of aromatic amines is 2. The highest BCUT2D eigenvalue weighted by Gasteiger charge is 2.19. The molecule has 0 aliphatic carbocycles. The molecule has 0 spiro atoms. The fourth-order valence-electron chi connectivity index (χ4n) is 6.59. The smallest absolute Gasteiger partial charge is 0.407 e. The van der Waals surface area contributed by atoms with Crippen molar-refractivity contribution in [2.75, 3.05) is 40.4 Å². The van der Waals surface area contributed by atoms with E-state index in [2.05, 4.69) is 78.6 Å². The standard InChI is InChI=1S/C40H42N8O6S2/c1-5-11-47(37(49)19-41-39(51)53-3)21-35-43-27-9-7-23(13-29(27)45-35)31-15-25-17-34-26(18-33(25)55-31)16-32(56-34)24-8-10-28-30(14-24)46-36(44-28)22-48(12-6-2)38(50)20-42-40(52)54-4/h7-10,13-18H,5-6,11-12,19-22H2,1-4H3,(H,41,51)(H,42,52)(H,43,45)(H,44,46). The quantitative estimate of drug-likeness (QED) is 0.0882. The number of aromatic nitrogens is 4. The highest BCUT2D eigenvalue weighted by molar-refractivity contribution is 7.23. The first-order valence-corrected chi connectivity index (χ1v) is 19.9. The predicted molar refractivity (Wildman–Crippen MR) is 220 cm³/mol. The van der Waals surface area contributed by atoms with Crippen LogP contribution >= 0.6 is 22.7 Å². The largest absolute Gasteiger partial charge is 0.453 e. The number of rotatable bonds is 14. The Morgan fingerprint density at radius 3 is 1.46 bits per heavy atom. The zero-order valence-electron chi connectivity index (χ0n) is 31.5. The molecule has 3 aromatic carbocycles. The number of imidazole rings is 2. The van der Waals surface area contributed by atoms with Crippen LogP contribution in [0.25, 0.3) is 63.1 Å². The third-order valence-electron chi connectivity index (χ3n) is 9.30. The van der Waals surface area contributed by atoms with Gasteiger partial charge in [-0.15, -0.1) is 22.7 Å². The molecular formula is C40H42N8O6S2. The Morgan fingerprint density at radius 2 is 1.07 bits per heavy atom. The lowest BCUT2D eigenvalue weighted by atomic mass is 10.1. The topological polar surface area (TPSA) is 175 Å². The Bertz CT molecular complexity index is 2350. The van der Waals surface area contributed by atoms with Gasteiger partial charge in [0.2, 0.25) is 11.8 Å². The van der Waals surface area contributed by atoms with Crippen LogP contribution in [0.3, 0.4) is 0 Å². The fourth-order valence-corrected chi connectivity index (χ4v) is 8.77. The van der Waals surface area contributed by atoms with Gasteiger partial charge in [0.05, 0.1) is 49.4 Å². The van der Waals surface area contributed by atoms with Crippen LogP contribution in [-0.2, 0) is 32.2 Å². The Labute approximate surface area is 330 Å². The maximum atomic E-state index is 12.8. The number of hydrogen-bond donors (Lipinski definition) is 4. The minimum absolute atomic E-state index is 0.144. The van der Waals surface area contributed by atoms with E-state index >= 15 is 0 Å². The van der Waals surface area contributed by atoms with Gasteiger partial charge in [-0.2, -0.15) is 0 Å². The Morgan fingerprint density at radius 1 is 0.643 bits per heavy atom. The number of ether oxygens (including phenoxy) is 2. The van der Waals surface area contributed by atoms with Gasteiger partial charge < -0.3 is 39.9 Å². The highest BCUT2D eigenvalue weighted by Crippen LogP contribution is 2.41. The highest BCUT2D eigenvalue weighted by atomic mass is 32.1. The maximum absolute atomic E-state index is 12.8. The number of nitrogens with one attached hydrogen (secondary N) is 4. The van der Waals surface area contributed by atoms with Gasteiger partial charge in [-0.05, 0) is 83.3 Å². The normalized spacial score (nSPS) is 11.4. The molecule has 0 saturated heterocycles. The number of H-pyrrole nitrogens is 2. The summed E-state index contributed by atoms with van der Waals surface area (Å²) in [4.78, 5) is 70.4. The van der Waals surface area contributed by atoms with Gasteiger partial charge in [0.15, 0.2) is 0 Å². The number of methoxy groups -OCH3 is 2. The summed E-state index contributed by atoms with van der Waals surface area (Å²) in [5.41, 5.74) is 5.56. The molecule has 290 valence electrons. The van der Waals surface area contributed by atoms with Crippen molar-refractivity contribution in [1.29, 1.82) is 0 Å². The first kappa shape index (κ1) is 38.3. The van der Waals surface area contributed by atoms with Crippen molar-refractivity contribution in [2.24, 2.45) is 0 Å². The van der Waals surface area contributed by atoms with Crippen LogP contribution in [0.1, 0.15) is 38.3 Å². The van der Waals surface area contributed by atoms with Crippen LogP contribution in [0, 0.1) is 0 Å².